The monoisotopic (exact) mass is 314 g/mol. The molecule has 116 valence electrons. The van der Waals surface area contributed by atoms with Gasteiger partial charge in [-0.2, -0.15) is 0 Å². The van der Waals surface area contributed by atoms with E-state index in [1.54, 1.807) is 11.3 Å². The minimum atomic E-state index is 0.354. The second-order valence-corrected chi connectivity index (χ2v) is 7.48. The summed E-state index contributed by atoms with van der Waals surface area (Å²) in [5.41, 5.74) is 5.43. The molecule has 1 atom stereocenters. The van der Waals surface area contributed by atoms with Crippen LogP contribution in [0.4, 0.5) is 5.13 Å². The van der Waals surface area contributed by atoms with E-state index in [0.717, 1.165) is 30.4 Å². The van der Waals surface area contributed by atoms with Crippen molar-refractivity contribution in [1.82, 2.24) is 4.98 Å². The predicted octanol–water partition coefficient (Wildman–Crippen LogP) is 4.20. The Kier molecular flexibility index (Phi) is 3.89. The van der Waals surface area contributed by atoms with Gasteiger partial charge in [-0.15, -0.1) is 11.3 Å². The lowest BCUT2D eigenvalue weighted by molar-refractivity contribution is 0.120. The van der Waals surface area contributed by atoms with Crippen LogP contribution in [0.15, 0.2) is 18.2 Å². The smallest absolute Gasteiger partial charge is 0.183 e. The highest BCUT2D eigenvalue weighted by atomic mass is 32.1. The molecule has 1 aromatic carbocycles. The van der Waals surface area contributed by atoms with Crippen LogP contribution < -0.4 is 5.32 Å². The average molecular weight is 314 g/mol. The summed E-state index contributed by atoms with van der Waals surface area (Å²) in [5, 5.41) is 4.47. The molecule has 0 radical (unpaired) electrons. The van der Waals surface area contributed by atoms with Gasteiger partial charge in [-0.25, -0.2) is 4.98 Å². The Morgan fingerprint density at radius 2 is 2.18 bits per heavy atom. The van der Waals surface area contributed by atoms with E-state index in [1.165, 1.54) is 47.3 Å². The van der Waals surface area contributed by atoms with Crippen LogP contribution in [0.25, 0.3) is 11.3 Å². The van der Waals surface area contributed by atoms with Gasteiger partial charge in [-0.05, 0) is 56.2 Å². The standard InChI is InChI=1S/C18H22N2OS/c1-12-17(15-8-7-13-4-2-5-14(13)10-15)20-18(22-12)19-11-16-6-3-9-21-16/h7-8,10,16H,2-6,9,11H2,1H3,(H,19,20)/t16-/m1/s1. The summed E-state index contributed by atoms with van der Waals surface area (Å²) in [6.07, 6.45) is 6.45. The van der Waals surface area contributed by atoms with Crippen molar-refractivity contribution < 1.29 is 4.74 Å². The molecule has 2 aromatic rings. The maximum atomic E-state index is 5.66. The molecule has 0 spiro atoms. The molecule has 4 heteroatoms. The van der Waals surface area contributed by atoms with E-state index >= 15 is 0 Å². The number of hydrogen-bond acceptors (Lipinski definition) is 4. The third-order valence-electron chi connectivity index (χ3n) is 4.67. The maximum Gasteiger partial charge on any atom is 0.183 e. The average Bonchev–Trinajstić information content (AvgIpc) is 3.25. The summed E-state index contributed by atoms with van der Waals surface area (Å²) >= 11 is 1.75. The number of thiazole rings is 1. The molecule has 0 saturated carbocycles. The van der Waals surface area contributed by atoms with E-state index in [-0.39, 0.29) is 0 Å². The molecule has 2 heterocycles. The molecule has 2 aliphatic rings. The largest absolute Gasteiger partial charge is 0.376 e. The number of nitrogens with zero attached hydrogens (tertiary/aromatic N) is 1. The van der Waals surface area contributed by atoms with Crippen molar-refractivity contribution in [2.45, 2.75) is 45.1 Å². The molecule has 0 unspecified atom stereocenters. The van der Waals surface area contributed by atoms with Crippen LogP contribution in [-0.2, 0) is 17.6 Å². The first-order valence-corrected chi connectivity index (χ1v) is 9.06. The van der Waals surface area contributed by atoms with E-state index < -0.39 is 0 Å². The molecule has 1 N–H and O–H groups in total. The van der Waals surface area contributed by atoms with Crippen molar-refractivity contribution in [2.24, 2.45) is 0 Å². The molecule has 3 nitrogen and oxygen atoms in total. The van der Waals surface area contributed by atoms with Crippen molar-refractivity contribution in [3.05, 3.63) is 34.2 Å². The third kappa shape index (κ3) is 2.77. The Balaban J connectivity index is 1.52. The number of ether oxygens (including phenoxy) is 1. The molecule has 1 saturated heterocycles. The fraction of sp³-hybridized carbons (Fsp3) is 0.500. The van der Waals surface area contributed by atoms with E-state index in [4.69, 9.17) is 9.72 Å². The molecule has 1 aromatic heterocycles. The number of benzene rings is 1. The molecule has 22 heavy (non-hydrogen) atoms. The Morgan fingerprint density at radius 3 is 3.05 bits per heavy atom. The quantitative estimate of drug-likeness (QED) is 0.918. The van der Waals surface area contributed by atoms with Gasteiger partial charge < -0.3 is 10.1 Å². The minimum absolute atomic E-state index is 0.354. The minimum Gasteiger partial charge on any atom is -0.376 e. The number of aryl methyl sites for hydroxylation is 3. The first kappa shape index (κ1) is 14.2. The molecule has 1 aliphatic heterocycles. The summed E-state index contributed by atoms with van der Waals surface area (Å²) < 4.78 is 5.66. The molecular formula is C18H22N2OS. The van der Waals surface area contributed by atoms with Crippen LogP contribution in [-0.4, -0.2) is 24.2 Å². The Hall–Kier alpha value is -1.39. The molecule has 0 bridgehead atoms. The zero-order valence-corrected chi connectivity index (χ0v) is 13.8. The number of rotatable bonds is 4. The first-order chi connectivity index (χ1) is 10.8. The Labute approximate surface area is 135 Å². The van der Waals surface area contributed by atoms with Crippen LogP contribution in [0.2, 0.25) is 0 Å². The SMILES string of the molecule is Cc1sc(NC[C@H]2CCCO2)nc1-c1ccc2c(c1)CCC2. The highest BCUT2D eigenvalue weighted by Gasteiger charge is 2.17. The van der Waals surface area contributed by atoms with Gasteiger partial charge in [0, 0.05) is 23.6 Å². The topological polar surface area (TPSA) is 34.1 Å². The number of hydrogen-bond donors (Lipinski definition) is 1. The predicted molar refractivity (Wildman–Crippen MR) is 91.8 cm³/mol. The van der Waals surface area contributed by atoms with Gasteiger partial charge in [0.15, 0.2) is 5.13 Å². The number of nitrogens with one attached hydrogen (secondary N) is 1. The van der Waals surface area contributed by atoms with Crippen molar-refractivity contribution in [2.75, 3.05) is 18.5 Å². The van der Waals surface area contributed by atoms with E-state index in [9.17, 15) is 0 Å². The number of aromatic nitrogens is 1. The summed E-state index contributed by atoms with van der Waals surface area (Å²) in [4.78, 5) is 6.10. The second-order valence-electron chi connectivity index (χ2n) is 6.28. The third-order valence-corrected chi connectivity index (χ3v) is 5.60. The van der Waals surface area contributed by atoms with Gasteiger partial charge >= 0.3 is 0 Å². The summed E-state index contributed by atoms with van der Waals surface area (Å²) in [6, 6.07) is 6.86. The normalized spacial score (nSPS) is 20.3. The fourth-order valence-electron chi connectivity index (χ4n) is 3.47. The van der Waals surface area contributed by atoms with Gasteiger partial charge in [0.1, 0.15) is 0 Å². The highest BCUT2D eigenvalue weighted by molar-refractivity contribution is 7.16. The van der Waals surface area contributed by atoms with Gasteiger partial charge in [-0.3, -0.25) is 0 Å². The van der Waals surface area contributed by atoms with Crippen LogP contribution in [0.5, 0.6) is 0 Å². The fourth-order valence-corrected chi connectivity index (χ4v) is 4.31. The lowest BCUT2D eigenvalue weighted by atomic mass is 10.0. The number of fused-ring (bicyclic) bond motifs is 1. The van der Waals surface area contributed by atoms with E-state index in [0.29, 0.717) is 6.10 Å². The molecule has 1 aliphatic carbocycles. The van der Waals surface area contributed by atoms with Gasteiger partial charge in [0.05, 0.1) is 11.8 Å². The molecule has 0 amide bonds. The zero-order chi connectivity index (χ0) is 14.9. The van der Waals surface area contributed by atoms with Gasteiger partial charge in [0.2, 0.25) is 0 Å². The lowest BCUT2D eigenvalue weighted by Gasteiger charge is -2.09. The van der Waals surface area contributed by atoms with Crippen LogP contribution in [0.1, 0.15) is 35.3 Å². The van der Waals surface area contributed by atoms with Crippen molar-refractivity contribution in [3.8, 4) is 11.3 Å². The summed E-state index contributed by atoms with van der Waals surface area (Å²) in [5.74, 6) is 0. The van der Waals surface area contributed by atoms with E-state index in [1.807, 2.05) is 0 Å². The van der Waals surface area contributed by atoms with Crippen LogP contribution in [0.3, 0.4) is 0 Å². The van der Waals surface area contributed by atoms with Gasteiger partial charge in [-0.1, -0.05) is 12.1 Å². The molecule has 1 fully saturated rings. The van der Waals surface area contributed by atoms with Crippen LogP contribution in [0, 0.1) is 6.92 Å². The Bertz CT molecular complexity index is 674. The van der Waals surface area contributed by atoms with Crippen molar-refractivity contribution in [3.63, 3.8) is 0 Å². The first-order valence-electron chi connectivity index (χ1n) is 8.25. The van der Waals surface area contributed by atoms with Crippen molar-refractivity contribution in [1.29, 1.82) is 0 Å². The molecular weight excluding hydrogens is 292 g/mol. The summed E-state index contributed by atoms with van der Waals surface area (Å²) in [7, 11) is 0. The molecule has 4 rings (SSSR count). The zero-order valence-electron chi connectivity index (χ0n) is 13.0. The lowest BCUT2D eigenvalue weighted by Crippen LogP contribution is -2.18. The second kappa shape index (κ2) is 6.01. The Morgan fingerprint density at radius 1 is 1.27 bits per heavy atom. The van der Waals surface area contributed by atoms with Crippen molar-refractivity contribution >= 4 is 16.5 Å². The number of anilines is 1. The summed E-state index contributed by atoms with van der Waals surface area (Å²) in [6.45, 7) is 3.94. The van der Waals surface area contributed by atoms with Crippen LogP contribution >= 0.6 is 11.3 Å². The highest BCUT2D eigenvalue weighted by Crippen LogP contribution is 2.33. The van der Waals surface area contributed by atoms with E-state index in [2.05, 4.69) is 30.4 Å². The maximum absolute atomic E-state index is 5.66. The van der Waals surface area contributed by atoms with Gasteiger partial charge in [0.25, 0.3) is 0 Å².